The number of nitrogens with one attached hydrogen (secondary N) is 2. The first-order chi connectivity index (χ1) is 12.7. The lowest BCUT2D eigenvalue weighted by atomic mass is 10.2. The summed E-state index contributed by atoms with van der Waals surface area (Å²) in [5.74, 6) is 1.75. The van der Waals surface area contributed by atoms with Crippen LogP contribution in [0.4, 0.5) is 16.2 Å². The van der Waals surface area contributed by atoms with E-state index in [-0.39, 0.29) is 6.03 Å². The number of aryl methyl sites for hydroxylation is 1. The van der Waals surface area contributed by atoms with Crippen molar-refractivity contribution in [3.8, 4) is 17.1 Å². The van der Waals surface area contributed by atoms with Crippen molar-refractivity contribution in [1.82, 2.24) is 10.1 Å². The van der Waals surface area contributed by atoms with Gasteiger partial charge in [-0.2, -0.15) is 4.98 Å². The van der Waals surface area contributed by atoms with Gasteiger partial charge in [-0.05, 0) is 43.3 Å². The third-order valence-corrected chi connectivity index (χ3v) is 3.61. The fourth-order valence-corrected chi connectivity index (χ4v) is 2.35. The van der Waals surface area contributed by atoms with E-state index in [2.05, 4.69) is 20.8 Å². The van der Waals surface area contributed by atoms with Gasteiger partial charge in [0.1, 0.15) is 5.75 Å². The van der Waals surface area contributed by atoms with Gasteiger partial charge in [0.05, 0.1) is 12.3 Å². The minimum atomic E-state index is -0.349. The zero-order chi connectivity index (χ0) is 18.4. The number of aromatic nitrogens is 2. The van der Waals surface area contributed by atoms with Crippen molar-refractivity contribution in [1.29, 1.82) is 0 Å². The molecule has 134 valence electrons. The summed E-state index contributed by atoms with van der Waals surface area (Å²) in [5, 5.41) is 9.50. The molecule has 2 amide bonds. The van der Waals surface area contributed by atoms with Crippen LogP contribution in [0.25, 0.3) is 11.4 Å². The average molecular weight is 352 g/mol. The molecule has 0 unspecified atom stereocenters. The lowest BCUT2D eigenvalue weighted by Crippen LogP contribution is -2.19. The number of rotatable bonds is 6. The van der Waals surface area contributed by atoms with E-state index >= 15 is 0 Å². The average Bonchev–Trinajstić information content (AvgIpc) is 3.13. The summed E-state index contributed by atoms with van der Waals surface area (Å²) in [5.41, 5.74) is 2.09. The van der Waals surface area contributed by atoms with Gasteiger partial charge in [-0.25, -0.2) is 4.79 Å². The molecule has 0 saturated heterocycles. The number of amides is 2. The van der Waals surface area contributed by atoms with Crippen LogP contribution in [0.3, 0.4) is 0 Å². The largest absolute Gasteiger partial charge is 0.492 e. The molecule has 7 heteroatoms. The third-order valence-electron chi connectivity index (χ3n) is 3.61. The van der Waals surface area contributed by atoms with Gasteiger partial charge >= 0.3 is 6.03 Å². The van der Waals surface area contributed by atoms with E-state index in [0.29, 0.717) is 41.9 Å². The van der Waals surface area contributed by atoms with Crippen molar-refractivity contribution in [3.63, 3.8) is 0 Å². The van der Waals surface area contributed by atoms with E-state index < -0.39 is 0 Å². The highest BCUT2D eigenvalue weighted by atomic mass is 16.5. The van der Waals surface area contributed by atoms with Crippen LogP contribution in [0.2, 0.25) is 0 Å². The molecule has 0 aliphatic rings. The van der Waals surface area contributed by atoms with Crippen LogP contribution in [0, 0.1) is 0 Å². The van der Waals surface area contributed by atoms with Gasteiger partial charge in [0.15, 0.2) is 0 Å². The number of benzene rings is 2. The third kappa shape index (κ3) is 4.18. The maximum Gasteiger partial charge on any atom is 0.323 e. The van der Waals surface area contributed by atoms with Crippen molar-refractivity contribution in [2.24, 2.45) is 0 Å². The summed E-state index contributed by atoms with van der Waals surface area (Å²) < 4.78 is 10.6. The summed E-state index contributed by atoms with van der Waals surface area (Å²) >= 11 is 0. The molecule has 1 aromatic heterocycles. The van der Waals surface area contributed by atoms with E-state index in [1.807, 2.05) is 44.2 Å². The summed E-state index contributed by atoms with van der Waals surface area (Å²) in [6.45, 7) is 4.37. The molecule has 0 aliphatic heterocycles. The Balaban J connectivity index is 1.64. The highest BCUT2D eigenvalue weighted by molar-refractivity contribution is 6.00. The van der Waals surface area contributed by atoms with Crippen molar-refractivity contribution in [3.05, 3.63) is 54.4 Å². The predicted molar refractivity (Wildman–Crippen MR) is 99.4 cm³/mol. The number of para-hydroxylation sites is 2. The quantitative estimate of drug-likeness (QED) is 0.689. The Labute approximate surface area is 151 Å². The first kappa shape index (κ1) is 17.5. The normalized spacial score (nSPS) is 10.4. The Bertz CT molecular complexity index is 875. The Morgan fingerprint density at radius 2 is 1.85 bits per heavy atom. The molecule has 3 aromatic rings. The second-order valence-electron chi connectivity index (χ2n) is 5.45. The Hall–Kier alpha value is -3.35. The highest BCUT2D eigenvalue weighted by Crippen LogP contribution is 2.24. The molecule has 0 saturated carbocycles. The second kappa shape index (κ2) is 8.15. The van der Waals surface area contributed by atoms with Crippen molar-refractivity contribution in [2.75, 3.05) is 17.2 Å². The SMILES string of the molecule is CCOc1ccccc1NC(=O)Nc1ccc(-c2noc(CC)n2)cc1. The molecular formula is C19H20N4O3. The summed E-state index contributed by atoms with van der Waals surface area (Å²) in [7, 11) is 0. The molecule has 0 aliphatic carbocycles. The van der Waals surface area contributed by atoms with Gasteiger partial charge in [0.2, 0.25) is 11.7 Å². The molecule has 26 heavy (non-hydrogen) atoms. The molecule has 3 rings (SSSR count). The predicted octanol–water partition coefficient (Wildman–Crippen LogP) is 4.34. The molecule has 2 aromatic carbocycles. The van der Waals surface area contributed by atoms with Gasteiger partial charge in [0.25, 0.3) is 0 Å². The van der Waals surface area contributed by atoms with E-state index in [9.17, 15) is 4.79 Å². The van der Waals surface area contributed by atoms with Crippen LogP contribution in [0.1, 0.15) is 19.7 Å². The zero-order valence-corrected chi connectivity index (χ0v) is 14.7. The smallest absolute Gasteiger partial charge is 0.323 e. The molecule has 0 atom stereocenters. The highest BCUT2D eigenvalue weighted by Gasteiger charge is 2.09. The Kier molecular flexibility index (Phi) is 5.48. The lowest BCUT2D eigenvalue weighted by Gasteiger charge is -2.12. The lowest BCUT2D eigenvalue weighted by molar-refractivity contribution is 0.262. The van der Waals surface area contributed by atoms with E-state index in [4.69, 9.17) is 9.26 Å². The fourth-order valence-electron chi connectivity index (χ4n) is 2.35. The summed E-state index contributed by atoms with van der Waals surface area (Å²) in [6, 6.07) is 14.2. The van der Waals surface area contributed by atoms with Crippen LogP contribution in [0.5, 0.6) is 5.75 Å². The maximum atomic E-state index is 12.2. The number of carbonyl (C=O) groups is 1. The number of carbonyl (C=O) groups excluding carboxylic acids is 1. The number of urea groups is 1. The first-order valence-electron chi connectivity index (χ1n) is 8.42. The number of nitrogens with zero attached hydrogens (tertiary/aromatic N) is 2. The van der Waals surface area contributed by atoms with Crippen LogP contribution in [0.15, 0.2) is 53.1 Å². The van der Waals surface area contributed by atoms with Gasteiger partial charge in [-0.1, -0.05) is 24.2 Å². The van der Waals surface area contributed by atoms with Gasteiger partial charge < -0.3 is 19.9 Å². The number of hydrogen-bond acceptors (Lipinski definition) is 5. The molecule has 0 radical (unpaired) electrons. The summed E-state index contributed by atoms with van der Waals surface area (Å²) in [6.07, 6.45) is 0.691. The Morgan fingerprint density at radius 3 is 2.54 bits per heavy atom. The number of ether oxygens (including phenoxy) is 1. The number of anilines is 2. The van der Waals surface area contributed by atoms with Crippen LogP contribution in [-0.4, -0.2) is 22.8 Å². The molecule has 2 N–H and O–H groups in total. The molecule has 1 heterocycles. The molecule has 7 nitrogen and oxygen atoms in total. The monoisotopic (exact) mass is 352 g/mol. The van der Waals surface area contributed by atoms with E-state index in [1.54, 1.807) is 18.2 Å². The standard InChI is InChI=1S/C19H20N4O3/c1-3-17-22-18(23-26-17)13-9-11-14(12-10-13)20-19(24)21-15-7-5-6-8-16(15)25-4-2/h5-12H,3-4H2,1-2H3,(H2,20,21,24). The van der Waals surface area contributed by atoms with Crippen LogP contribution >= 0.6 is 0 Å². The molecule has 0 spiro atoms. The molecule has 0 bridgehead atoms. The number of hydrogen-bond donors (Lipinski definition) is 2. The van der Waals surface area contributed by atoms with Crippen LogP contribution in [-0.2, 0) is 6.42 Å². The topological polar surface area (TPSA) is 89.3 Å². The van der Waals surface area contributed by atoms with Gasteiger partial charge in [-0.15, -0.1) is 0 Å². The minimum Gasteiger partial charge on any atom is -0.492 e. The first-order valence-corrected chi connectivity index (χ1v) is 8.42. The van der Waals surface area contributed by atoms with Gasteiger partial charge in [-0.3, -0.25) is 0 Å². The second-order valence-corrected chi connectivity index (χ2v) is 5.45. The van der Waals surface area contributed by atoms with Gasteiger partial charge in [0, 0.05) is 17.7 Å². The fraction of sp³-hybridized carbons (Fsp3) is 0.211. The van der Waals surface area contributed by atoms with E-state index in [0.717, 1.165) is 5.56 Å². The van der Waals surface area contributed by atoms with Crippen molar-refractivity contribution < 1.29 is 14.1 Å². The summed E-state index contributed by atoms with van der Waals surface area (Å²) in [4.78, 5) is 16.5. The minimum absolute atomic E-state index is 0.349. The Morgan fingerprint density at radius 1 is 1.08 bits per heavy atom. The maximum absolute atomic E-state index is 12.2. The zero-order valence-electron chi connectivity index (χ0n) is 14.7. The van der Waals surface area contributed by atoms with Crippen molar-refractivity contribution in [2.45, 2.75) is 20.3 Å². The van der Waals surface area contributed by atoms with E-state index in [1.165, 1.54) is 0 Å². The molecular weight excluding hydrogens is 332 g/mol. The van der Waals surface area contributed by atoms with Crippen molar-refractivity contribution >= 4 is 17.4 Å². The van der Waals surface area contributed by atoms with Crippen LogP contribution < -0.4 is 15.4 Å². The molecule has 0 fully saturated rings.